The standard InChI is InChI=1S/C26H34FN3O2/c1-3-4-17-32-23-10-7-20(8-11-23)26(31)28(2)21-9-12-25(24(27)18-21)30-16-13-22(19-30)29-14-5-6-15-29/h7-12,18,22H,3-6,13-17,19H2,1-2H3. The van der Waals surface area contributed by atoms with Gasteiger partial charge in [-0.15, -0.1) is 0 Å². The van der Waals surface area contributed by atoms with E-state index in [-0.39, 0.29) is 11.7 Å². The molecule has 2 aliphatic heterocycles. The summed E-state index contributed by atoms with van der Waals surface area (Å²) in [6.07, 6.45) is 5.70. The summed E-state index contributed by atoms with van der Waals surface area (Å²) in [5.41, 5.74) is 1.73. The molecule has 1 unspecified atom stereocenters. The van der Waals surface area contributed by atoms with Gasteiger partial charge in [0.25, 0.3) is 5.91 Å². The predicted octanol–water partition coefficient (Wildman–Crippen LogP) is 4.96. The molecule has 0 N–H and O–H groups in total. The van der Waals surface area contributed by atoms with E-state index < -0.39 is 0 Å². The number of halogens is 1. The lowest BCUT2D eigenvalue weighted by atomic mass is 10.1. The van der Waals surface area contributed by atoms with Crippen LogP contribution in [0.15, 0.2) is 42.5 Å². The van der Waals surface area contributed by atoms with Crippen molar-refractivity contribution in [3.05, 3.63) is 53.8 Å². The van der Waals surface area contributed by atoms with E-state index in [1.165, 1.54) is 36.9 Å². The van der Waals surface area contributed by atoms with Gasteiger partial charge in [0, 0.05) is 37.4 Å². The summed E-state index contributed by atoms with van der Waals surface area (Å²) < 4.78 is 20.7. The molecule has 2 aromatic rings. The van der Waals surface area contributed by atoms with Crippen molar-refractivity contribution in [2.24, 2.45) is 0 Å². The Kier molecular flexibility index (Phi) is 7.30. The Balaban J connectivity index is 1.39. The first kappa shape index (κ1) is 22.6. The van der Waals surface area contributed by atoms with Crippen molar-refractivity contribution in [2.45, 2.75) is 45.1 Å². The molecule has 2 heterocycles. The van der Waals surface area contributed by atoms with Crippen molar-refractivity contribution in [1.82, 2.24) is 4.90 Å². The summed E-state index contributed by atoms with van der Waals surface area (Å²) in [4.78, 5) is 19.1. The third kappa shape index (κ3) is 5.07. The zero-order valence-corrected chi connectivity index (χ0v) is 19.2. The molecule has 1 atom stereocenters. The average Bonchev–Trinajstić information content (AvgIpc) is 3.51. The summed E-state index contributed by atoms with van der Waals surface area (Å²) in [7, 11) is 1.68. The van der Waals surface area contributed by atoms with Crippen LogP contribution in [-0.2, 0) is 0 Å². The lowest BCUT2D eigenvalue weighted by Crippen LogP contribution is -2.35. The summed E-state index contributed by atoms with van der Waals surface area (Å²) in [6, 6.07) is 12.8. The van der Waals surface area contributed by atoms with Crippen molar-refractivity contribution < 1.29 is 13.9 Å². The second kappa shape index (κ2) is 10.3. The first-order valence-electron chi connectivity index (χ1n) is 11.9. The highest BCUT2D eigenvalue weighted by atomic mass is 19.1. The van der Waals surface area contributed by atoms with Gasteiger partial charge in [0.15, 0.2) is 0 Å². The number of carbonyl (C=O) groups is 1. The van der Waals surface area contributed by atoms with Crippen molar-refractivity contribution in [3.8, 4) is 5.75 Å². The zero-order chi connectivity index (χ0) is 22.5. The van der Waals surface area contributed by atoms with Crippen LogP contribution >= 0.6 is 0 Å². The maximum atomic E-state index is 15.0. The van der Waals surface area contributed by atoms with Gasteiger partial charge in [-0.25, -0.2) is 4.39 Å². The first-order chi connectivity index (χ1) is 15.6. The Bertz CT molecular complexity index is 912. The minimum atomic E-state index is -0.274. The van der Waals surface area contributed by atoms with Gasteiger partial charge in [0.1, 0.15) is 11.6 Å². The van der Waals surface area contributed by atoms with Crippen LogP contribution in [0.5, 0.6) is 5.75 Å². The largest absolute Gasteiger partial charge is 0.494 e. The highest BCUT2D eigenvalue weighted by molar-refractivity contribution is 6.05. The second-order valence-electron chi connectivity index (χ2n) is 8.86. The van der Waals surface area contributed by atoms with Crippen LogP contribution in [0.1, 0.15) is 49.4 Å². The number of ether oxygens (including phenoxy) is 1. The second-order valence-corrected chi connectivity index (χ2v) is 8.86. The molecule has 0 aromatic heterocycles. The third-order valence-corrected chi connectivity index (χ3v) is 6.65. The molecule has 2 aliphatic rings. The Morgan fingerprint density at radius 1 is 1.12 bits per heavy atom. The number of unbranched alkanes of at least 4 members (excludes halogenated alkanes) is 1. The normalized spacial score (nSPS) is 18.8. The van der Waals surface area contributed by atoms with E-state index >= 15 is 4.39 Å². The number of amides is 1. The predicted molar refractivity (Wildman–Crippen MR) is 127 cm³/mol. The quantitative estimate of drug-likeness (QED) is 0.545. The number of nitrogens with zero attached hydrogens (tertiary/aromatic N) is 3. The van der Waals surface area contributed by atoms with Gasteiger partial charge in [-0.2, -0.15) is 0 Å². The van der Waals surface area contributed by atoms with Crippen molar-refractivity contribution in [1.29, 1.82) is 0 Å². The molecule has 0 saturated carbocycles. The Labute approximate surface area is 190 Å². The first-order valence-corrected chi connectivity index (χ1v) is 11.9. The molecule has 32 heavy (non-hydrogen) atoms. The Hall–Kier alpha value is -2.60. The fourth-order valence-electron chi connectivity index (χ4n) is 4.67. The van der Waals surface area contributed by atoms with E-state index in [2.05, 4.69) is 16.7 Å². The summed E-state index contributed by atoms with van der Waals surface area (Å²) in [5.74, 6) is 0.308. The van der Waals surface area contributed by atoms with Crippen molar-refractivity contribution in [3.63, 3.8) is 0 Å². The van der Waals surface area contributed by atoms with Gasteiger partial charge in [-0.1, -0.05) is 13.3 Å². The van der Waals surface area contributed by atoms with Crippen LogP contribution in [0.25, 0.3) is 0 Å². The van der Waals surface area contributed by atoms with E-state index in [9.17, 15) is 4.79 Å². The van der Waals surface area contributed by atoms with Crippen LogP contribution in [0.2, 0.25) is 0 Å². The molecule has 0 aliphatic carbocycles. The molecule has 6 heteroatoms. The molecule has 2 aromatic carbocycles. The van der Waals surface area contributed by atoms with Gasteiger partial charge in [0.05, 0.1) is 12.3 Å². The monoisotopic (exact) mass is 439 g/mol. The Morgan fingerprint density at radius 3 is 2.56 bits per heavy atom. The molecule has 4 rings (SSSR count). The number of rotatable bonds is 8. The highest BCUT2D eigenvalue weighted by Crippen LogP contribution is 2.30. The van der Waals surface area contributed by atoms with Gasteiger partial charge in [-0.05, 0) is 81.2 Å². The minimum absolute atomic E-state index is 0.174. The maximum absolute atomic E-state index is 15.0. The van der Waals surface area contributed by atoms with Crippen molar-refractivity contribution in [2.75, 3.05) is 49.6 Å². The summed E-state index contributed by atoms with van der Waals surface area (Å²) in [6.45, 7) is 6.87. The molecule has 2 fully saturated rings. The summed E-state index contributed by atoms with van der Waals surface area (Å²) >= 11 is 0. The molecule has 2 saturated heterocycles. The van der Waals surface area contributed by atoms with Crippen LogP contribution in [-0.4, -0.2) is 56.7 Å². The van der Waals surface area contributed by atoms with Crippen LogP contribution < -0.4 is 14.5 Å². The minimum Gasteiger partial charge on any atom is -0.494 e. The Morgan fingerprint density at radius 2 is 1.88 bits per heavy atom. The maximum Gasteiger partial charge on any atom is 0.258 e. The van der Waals surface area contributed by atoms with E-state index in [1.54, 1.807) is 19.2 Å². The average molecular weight is 440 g/mol. The number of hydrogen-bond donors (Lipinski definition) is 0. The summed E-state index contributed by atoms with van der Waals surface area (Å²) in [5, 5.41) is 0. The molecule has 0 spiro atoms. The topological polar surface area (TPSA) is 36.0 Å². The van der Waals surface area contributed by atoms with Gasteiger partial charge < -0.3 is 14.5 Å². The lowest BCUT2D eigenvalue weighted by Gasteiger charge is -2.25. The van der Waals surface area contributed by atoms with E-state index in [4.69, 9.17) is 4.74 Å². The molecule has 0 radical (unpaired) electrons. The van der Waals surface area contributed by atoms with Gasteiger partial charge >= 0.3 is 0 Å². The fraction of sp³-hybridized carbons (Fsp3) is 0.500. The smallest absolute Gasteiger partial charge is 0.258 e. The number of benzene rings is 2. The fourth-order valence-corrected chi connectivity index (χ4v) is 4.67. The number of likely N-dealkylation sites (tertiary alicyclic amines) is 1. The van der Waals surface area contributed by atoms with Crippen molar-refractivity contribution >= 4 is 17.3 Å². The van der Waals surface area contributed by atoms with Crippen LogP contribution in [0, 0.1) is 5.82 Å². The van der Waals surface area contributed by atoms with Crippen LogP contribution in [0.3, 0.4) is 0 Å². The van der Waals surface area contributed by atoms with E-state index in [0.29, 0.717) is 29.6 Å². The molecular formula is C26H34FN3O2. The van der Waals surface area contributed by atoms with Gasteiger partial charge in [0.2, 0.25) is 0 Å². The zero-order valence-electron chi connectivity index (χ0n) is 19.2. The molecule has 0 bridgehead atoms. The number of anilines is 2. The molecular weight excluding hydrogens is 405 g/mol. The van der Waals surface area contributed by atoms with E-state index in [0.717, 1.165) is 38.1 Å². The molecule has 172 valence electrons. The number of hydrogen-bond acceptors (Lipinski definition) is 4. The molecule has 5 nitrogen and oxygen atoms in total. The third-order valence-electron chi connectivity index (χ3n) is 6.65. The van der Waals surface area contributed by atoms with E-state index in [1.807, 2.05) is 24.3 Å². The van der Waals surface area contributed by atoms with Gasteiger partial charge in [-0.3, -0.25) is 9.69 Å². The highest BCUT2D eigenvalue weighted by Gasteiger charge is 2.30. The molecule has 1 amide bonds. The number of carbonyl (C=O) groups excluding carboxylic acids is 1. The van der Waals surface area contributed by atoms with Crippen LogP contribution in [0.4, 0.5) is 15.8 Å². The lowest BCUT2D eigenvalue weighted by molar-refractivity contribution is 0.0993. The SMILES string of the molecule is CCCCOc1ccc(C(=O)N(C)c2ccc(N3CCC(N4CCCC4)C3)c(F)c2)cc1.